The van der Waals surface area contributed by atoms with E-state index in [4.69, 9.17) is 5.73 Å². The predicted molar refractivity (Wildman–Crippen MR) is 102 cm³/mol. The van der Waals surface area contributed by atoms with Crippen molar-refractivity contribution in [2.75, 3.05) is 16.0 Å². The normalized spacial score (nSPS) is 16.2. The van der Waals surface area contributed by atoms with Gasteiger partial charge in [0.25, 0.3) is 0 Å². The molecule has 1 aliphatic heterocycles. The number of fused-ring (bicyclic) bond motifs is 3. The number of nitrogens with zero attached hydrogens (tertiary/aromatic N) is 1. The minimum absolute atomic E-state index is 0. The van der Waals surface area contributed by atoms with Gasteiger partial charge in [0, 0.05) is 5.69 Å². The van der Waals surface area contributed by atoms with Crippen LogP contribution in [-0.4, -0.2) is 11.8 Å². The lowest BCUT2D eigenvalue weighted by molar-refractivity contribution is -0.124. The largest absolute Gasteiger partial charge is 0.399 e. The SMILES string of the molecule is Cl.Nc1cccc(N2C(=O)CC(=O)Nc3c2ccc2c3CCCC2)c1. The molecule has 2 aromatic carbocycles. The molecule has 0 bridgehead atoms. The second-order valence-electron chi connectivity index (χ2n) is 6.35. The van der Waals surface area contributed by atoms with Gasteiger partial charge in [-0.15, -0.1) is 12.4 Å². The molecule has 6 heteroatoms. The number of halogens is 1. The van der Waals surface area contributed by atoms with Crippen molar-refractivity contribution in [1.29, 1.82) is 0 Å². The van der Waals surface area contributed by atoms with E-state index in [9.17, 15) is 9.59 Å². The zero-order chi connectivity index (χ0) is 16.7. The lowest BCUT2D eigenvalue weighted by Gasteiger charge is -2.26. The molecule has 0 aromatic heterocycles. The Morgan fingerprint density at radius 3 is 2.64 bits per heavy atom. The lowest BCUT2D eigenvalue weighted by atomic mass is 9.89. The van der Waals surface area contributed by atoms with E-state index in [2.05, 4.69) is 11.4 Å². The Bertz CT molecular complexity index is 851. The van der Waals surface area contributed by atoms with Gasteiger partial charge in [0.05, 0.1) is 17.1 Å². The van der Waals surface area contributed by atoms with Gasteiger partial charge in [0.2, 0.25) is 11.8 Å². The minimum atomic E-state index is -0.258. The molecular formula is C19H20ClN3O2. The highest BCUT2D eigenvalue weighted by Crippen LogP contribution is 2.41. The molecule has 0 unspecified atom stereocenters. The molecule has 0 atom stereocenters. The molecule has 0 spiro atoms. The van der Waals surface area contributed by atoms with Crippen molar-refractivity contribution >= 4 is 47.0 Å². The third-order valence-electron chi connectivity index (χ3n) is 4.71. The van der Waals surface area contributed by atoms with Crippen LogP contribution >= 0.6 is 12.4 Å². The van der Waals surface area contributed by atoms with E-state index in [-0.39, 0.29) is 30.6 Å². The first-order valence-electron chi connectivity index (χ1n) is 8.26. The zero-order valence-electron chi connectivity index (χ0n) is 13.7. The fourth-order valence-electron chi connectivity index (χ4n) is 3.62. The number of carbonyl (C=O) groups is 2. The summed E-state index contributed by atoms with van der Waals surface area (Å²) in [7, 11) is 0. The molecule has 0 fully saturated rings. The van der Waals surface area contributed by atoms with E-state index in [1.54, 1.807) is 17.0 Å². The average Bonchev–Trinajstić information content (AvgIpc) is 2.69. The maximum absolute atomic E-state index is 12.7. The molecule has 3 N–H and O–H groups in total. The Hall–Kier alpha value is -2.53. The molecule has 2 aromatic rings. The summed E-state index contributed by atoms with van der Waals surface area (Å²) in [5.74, 6) is -0.501. The Morgan fingerprint density at radius 2 is 1.84 bits per heavy atom. The number of aryl methyl sites for hydroxylation is 1. The van der Waals surface area contributed by atoms with Gasteiger partial charge >= 0.3 is 0 Å². The highest BCUT2D eigenvalue weighted by Gasteiger charge is 2.30. The Balaban J connectivity index is 0.00000182. The zero-order valence-corrected chi connectivity index (χ0v) is 14.6. The quantitative estimate of drug-likeness (QED) is 0.605. The molecule has 130 valence electrons. The fourth-order valence-corrected chi connectivity index (χ4v) is 3.62. The van der Waals surface area contributed by atoms with Crippen LogP contribution in [0.15, 0.2) is 36.4 Å². The van der Waals surface area contributed by atoms with Crippen molar-refractivity contribution in [3.8, 4) is 0 Å². The van der Waals surface area contributed by atoms with Gasteiger partial charge in [-0.3, -0.25) is 14.5 Å². The number of anilines is 4. The molecule has 2 amide bonds. The van der Waals surface area contributed by atoms with Crippen LogP contribution in [0.2, 0.25) is 0 Å². The highest BCUT2D eigenvalue weighted by molar-refractivity contribution is 6.17. The first kappa shape index (κ1) is 17.3. The summed E-state index contributed by atoms with van der Waals surface area (Å²) in [6.45, 7) is 0. The Morgan fingerprint density at radius 1 is 1.04 bits per heavy atom. The number of rotatable bonds is 1. The number of hydrogen-bond donors (Lipinski definition) is 2. The summed E-state index contributed by atoms with van der Waals surface area (Å²) in [6, 6.07) is 11.2. The molecular weight excluding hydrogens is 338 g/mol. The van der Waals surface area contributed by atoms with Crippen LogP contribution < -0.4 is 16.0 Å². The predicted octanol–water partition coefficient (Wildman–Crippen LogP) is 3.58. The smallest absolute Gasteiger partial charge is 0.241 e. The maximum Gasteiger partial charge on any atom is 0.241 e. The molecule has 0 saturated heterocycles. The molecule has 4 rings (SSSR count). The lowest BCUT2D eigenvalue weighted by Crippen LogP contribution is -2.26. The topological polar surface area (TPSA) is 75.4 Å². The van der Waals surface area contributed by atoms with E-state index < -0.39 is 0 Å². The molecule has 5 nitrogen and oxygen atoms in total. The third kappa shape index (κ3) is 3.07. The van der Waals surface area contributed by atoms with E-state index in [0.29, 0.717) is 11.4 Å². The van der Waals surface area contributed by atoms with Crippen LogP contribution in [0.1, 0.15) is 30.4 Å². The van der Waals surface area contributed by atoms with Crippen molar-refractivity contribution < 1.29 is 9.59 Å². The Labute approximate surface area is 152 Å². The number of benzene rings is 2. The van der Waals surface area contributed by atoms with Crippen molar-refractivity contribution in [2.45, 2.75) is 32.1 Å². The summed E-state index contributed by atoms with van der Waals surface area (Å²) < 4.78 is 0. The van der Waals surface area contributed by atoms with E-state index >= 15 is 0 Å². The van der Waals surface area contributed by atoms with Crippen molar-refractivity contribution in [3.63, 3.8) is 0 Å². The molecule has 25 heavy (non-hydrogen) atoms. The molecule has 0 radical (unpaired) electrons. The van der Waals surface area contributed by atoms with Crippen LogP contribution in [0.25, 0.3) is 0 Å². The summed E-state index contributed by atoms with van der Waals surface area (Å²) in [4.78, 5) is 26.5. The minimum Gasteiger partial charge on any atom is -0.399 e. The maximum atomic E-state index is 12.7. The van der Waals surface area contributed by atoms with Gasteiger partial charge in [-0.25, -0.2) is 0 Å². The molecule has 0 saturated carbocycles. The summed E-state index contributed by atoms with van der Waals surface area (Å²) in [5, 5.41) is 2.96. The van der Waals surface area contributed by atoms with Gasteiger partial charge < -0.3 is 11.1 Å². The van der Waals surface area contributed by atoms with Crippen molar-refractivity contribution in [1.82, 2.24) is 0 Å². The Kier molecular flexibility index (Phi) is 4.68. The number of hydrogen-bond acceptors (Lipinski definition) is 3. The standard InChI is InChI=1S/C19H19N3O2.ClH/c20-13-5-3-6-14(10-13)22-16-9-8-12-4-1-2-7-15(12)19(16)21-17(23)11-18(22)24;/h3,5-6,8-10H,1-2,4,7,11,20H2,(H,21,23);1H. The number of carbonyl (C=O) groups excluding carboxylic acids is 2. The first-order valence-corrected chi connectivity index (χ1v) is 8.26. The molecule has 1 heterocycles. The van der Waals surface area contributed by atoms with Crippen molar-refractivity contribution in [2.24, 2.45) is 0 Å². The summed E-state index contributed by atoms with van der Waals surface area (Å²) >= 11 is 0. The second-order valence-corrected chi connectivity index (χ2v) is 6.35. The van der Waals surface area contributed by atoms with Crippen LogP contribution in [0.4, 0.5) is 22.7 Å². The van der Waals surface area contributed by atoms with Gasteiger partial charge in [0.1, 0.15) is 6.42 Å². The van der Waals surface area contributed by atoms with Crippen LogP contribution in [0.3, 0.4) is 0 Å². The number of nitrogens with one attached hydrogen (secondary N) is 1. The van der Waals surface area contributed by atoms with Crippen LogP contribution in [-0.2, 0) is 22.4 Å². The summed E-state index contributed by atoms with van der Waals surface area (Å²) in [5.41, 5.74) is 11.1. The van der Waals surface area contributed by atoms with Gasteiger partial charge in [0.15, 0.2) is 0 Å². The van der Waals surface area contributed by atoms with E-state index in [1.807, 2.05) is 18.2 Å². The fraction of sp³-hybridized carbons (Fsp3) is 0.263. The average molecular weight is 358 g/mol. The molecule has 1 aliphatic carbocycles. The summed E-state index contributed by atoms with van der Waals surface area (Å²) in [6.07, 6.45) is 4.05. The monoisotopic (exact) mass is 357 g/mol. The second kappa shape index (κ2) is 6.76. The number of amides is 2. The van der Waals surface area contributed by atoms with Gasteiger partial charge in [-0.1, -0.05) is 12.1 Å². The van der Waals surface area contributed by atoms with Crippen molar-refractivity contribution in [3.05, 3.63) is 47.5 Å². The van der Waals surface area contributed by atoms with Gasteiger partial charge in [-0.05, 0) is 61.1 Å². The number of nitrogens with two attached hydrogens (primary N) is 1. The van der Waals surface area contributed by atoms with Gasteiger partial charge in [-0.2, -0.15) is 0 Å². The molecule has 2 aliphatic rings. The highest BCUT2D eigenvalue weighted by atomic mass is 35.5. The van der Waals surface area contributed by atoms with Crippen LogP contribution in [0.5, 0.6) is 0 Å². The third-order valence-corrected chi connectivity index (χ3v) is 4.71. The van der Waals surface area contributed by atoms with Crippen LogP contribution in [0, 0.1) is 0 Å². The number of nitrogen functional groups attached to an aromatic ring is 1. The first-order chi connectivity index (χ1) is 11.6. The van der Waals surface area contributed by atoms with E-state index in [1.165, 1.54) is 5.56 Å². The van der Waals surface area contributed by atoms with E-state index in [0.717, 1.165) is 42.6 Å².